The number of nitrogens with two attached hydrogens (primary N) is 2. The average molecular weight is 279 g/mol. The minimum absolute atomic E-state index is 0.0939. The molecule has 0 aliphatic rings. The first-order valence-corrected chi connectivity index (χ1v) is 6.50. The van der Waals surface area contributed by atoms with Gasteiger partial charge in [0.05, 0.1) is 13.1 Å². The maximum Gasteiger partial charge on any atom is 0.237 e. The Balaban J connectivity index is 2.71. The van der Waals surface area contributed by atoms with Crippen LogP contribution in [-0.4, -0.2) is 36.4 Å². The highest BCUT2D eigenvalue weighted by Gasteiger charge is 2.13. The van der Waals surface area contributed by atoms with Crippen LogP contribution in [0.2, 0.25) is 0 Å². The van der Waals surface area contributed by atoms with Gasteiger partial charge in [-0.05, 0) is 24.6 Å². The molecule has 0 atom stereocenters. The van der Waals surface area contributed by atoms with Gasteiger partial charge in [-0.15, -0.1) is 0 Å². The molecule has 20 heavy (non-hydrogen) atoms. The molecule has 0 aromatic carbocycles. The maximum atomic E-state index is 11.0. The number of carbonyl (C=O) groups is 2. The summed E-state index contributed by atoms with van der Waals surface area (Å²) in [5.74, 6) is -0.578. The molecule has 0 aliphatic heterocycles. The van der Waals surface area contributed by atoms with Crippen LogP contribution in [0.15, 0.2) is 18.3 Å². The number of primary amides is 2. The summed E-state index contributed by atoms with van der Waals surface area (Å²) in [6.07, 6.45) is 2.77. The zero-order valence-corrected chi connectivity index (χ0v) is 11.6. The summed E-state index contributed by atoms with van der Waals surface area (Å²) in [5.41, 5.74) is 11.3. The predicted octanol–water partition coefficient (Wildman–Crippen LogP) is -0.642. The molecule has 0 bridgehead atoms. The second kappa shape index (κ2) is 8.11. The van der Waals surface area contributed by atoms with Crippen LogP contribution in [0.1, 0.15) is 18.9 Å². The summed E-state index contributed by atoms with van der Waals surface area (Å²) in [4.78, 5) is 27.7. The first kappa shape index (κ1) is 15.9. The van der Waals surface area contributed by atoms with Gasteiger partial charge in [0, 0.05) is 12.7 Å². The molecule has 2 amide bonds. The number of pyridine rings is 1. The third-order valence-electron chi connectivity index (χ3n) is 2.58. The normalized spacial score (nSPS) is 10.2. The van der Waals surface area contributed by atoms with Crippen LogP contribution in [0, 0.1) is 0 Å². The van der Waals surface area contributed by atoms with Crippen LogP contribution in [0.5, 0.6) is 0 Å². The number of carbonyl (C=O) groups excluding carboxylic acids is 2. The molecular formula is C13H21N5O2. The lowest BCUT2D eigenvalue weighted by atomic mass is 10.2. The van der Waals surface area contributed by atoms with Crippen molar-refractivity contribution in [2.24, 2.45) is 11.5 Å². The van der Waals surface area contributed by atoms with E-state index in [2.05, 4.69) is 17.2 Å². The van der Waals surface area contributed by atoms with Crippen molar-refractivity contribution in [3.05, 3.63) is 23.9 Å². The summed E-state index contributed by atoms with van der Waals surface area (Å²) < 4.78 is 0. The van der Waals surface area contributed by atoms with Crippen molar-refractivity contribution in [1.82, 2.24) is 10.3 Å². The number of amides is 2. The fraction of sp³-hybridized carbons (Fsp3) is 0.462. The molecule has 7 nitrogen and oxygen atoms in total. The number of rotatable bonds is 9. The third kappa shape index (κ3) is 5.66. The standard InChI is InChI=1S/C13H21N5O2/c1-2-5-16-6-10-3-4-13(17-7-10)18(8-11(14)19)9-12(15)20/h3-4,7,16H,2,5-6,8-9H2,1H3,(H2,14,19)(H2,15,20). The van der Waals surface area contributed by atoms with Gasteiger partial charge in [-0.2, -0.15) is 0 Å². The van der Waals surface area contributed by atoms with Crippen molar-refractivity contribution in [2.75, 3.05) is 24.5 Å². The number of hydrogen-bond donors (Lipinski definition) is 3. The number of anilines is 1. The van der Waals surface area contributed by atoms with E-state index in [1.165, 1.54) is 4.90 Å². The van der Waals surface area contributed by atoms with E-state index in [0.29, 0.717) is 5.82 Å². The van der Waals surface area contributed by atoms with Gasteiger partial charge in [-0.1, -0.05) is 13.0 Å². The van der Waals surface area contributed by atoms with Crippen LogP contribution < -0.4 is 21.7 Å². The van der Waals surface area contributed by atoms with Gasteiger partial charge in [-0.25, -0.2) is 4.98 Å². The van der Waals surface area contributed by atoms with Crippen molar-refractivity contribution in [3.8, 4) is 0 Å². The van der Waals surface area contributed by atoms with Gasteiger partial charge in [0.15, 0.2) is 0 Å². The Kier molecular flexibility index (Phi) is 6.45. The largest absolute Gasteiger partial charge is 0.368 e. The average Bonchev–Trinajstić information content (AvgIpc) is 2.38. The Morgan fingerprint density at radius 2 is 1.90 bits per heavy atom. The number of nitrogens with one attached hydrogen (secondary N) is 1. The van der Waals surface area contributed by atoms with Crippen molar-refractivity contribution < 1.29 is 9.59 Å². The Morgan fingerprint density at radius 3 is 2.35 bits per heavy atom. The zero-order valence-electron chi connectivity index (χ0n) is 11.6. The minimum atomic E-state index is -0.540. The Hall–Kier alpha value is -2.15. The molecule has 0 saturated heterocycles. The summed E-state index contributed by atoms with van der Waals surface area (Å²) in [6, 6.07) is 3.63. The Labute approximate surface area is 118 Å². The number of aromatic nitrogens is 1. The molecule has 1 aromatic heterocycles. The smallest absolute Gasteiger partial charge is 0.237 e. The molecule has 0 aliphatic carbocycles. The highest BCUT2D eigenvalue weighted by Crippen LogP contribution is 2.10. The minimum Gasteiger partial charge on any atom is -0.368 e. The van der Waals surface area contributed by atoms with Gasteiger partial charge >= 0.3 is 0 Å². The SMILES string of the molecule is CCCNCc1ccc(N(CC(N)=O)CC(N)=O)nc1. The molecule has 1 heterocycles. The molecule has 0 unspecified atom stereocenters. The van der Waals surface area contributed by atoms with E-state index >= 15 is 0 Å². The fourth-order valence-electron chi connectivity index (χ4n) is 1.71. The molecule has 0 saturated carbocycles. The van der Waals surface area contributed by atoms with Gasteiger partial charge in [-0.3, -0.25) is 9.59 Å². The Bertz CT molecular complexity index is 431. The van der Waals surface area contributed by atoms with Crippen LogP contribution >= 0.6 is 0 Å². The monoisotopic (exact) mass is 279 g/mol. The summed E-state index contributed by atoms with van der Waals surface area (Å²) >= 11 is 0. The quantitative estimate of drug-likeness (QED) is 0.520. The van der Waals surface area contributed by atoms with E-state index in [1.54, 1.807) is 12.3 Å². The second-order valence-corrected chi connectivity index (χ2v) is 4.49. The van der Waals surface area contributed by atoms with E-state index in [4.69, 9.17) is 11.5 Å². The van der Waals surface area contributed by atoms with Crippen molar-refractivity contribution in [3.63, 3.8) is 0 Å². The van der Waals surface area contributed by atoms with Crippen molar-refractivity contribution >= 4 is 17.6 Å². The fourth-order valence-corrected chi connectivity index (χ4v) is 1.71. The highest BCUT2D eigenvalue weighted by atomic mass is 16.2. The molecular weight excluding hydrogens is 258 g/mol. The molecule has 1 aromatic rings. The van der Waals surface area contributed by atoms with Crippen molar-refractivity contribution in [2.45, 2.75) is 19.9 Å². The summed E-state index contributed by atoms with van der Waals surface area (Å²) in [6.45, 7) is 3.58. The summed E-state index contributed by atoms with van der Waals surface area (Å²) in [7, 11) is 0. The van der Waals surface area contributed by atoms with Crippen LogP contribution in [0.3, 0.4) is 0 Å². The predicted molar refractivity (Wildman–Crippen MR) is 76.8 cm³/mol. The third-order valence-corrected chi connectivity index (χ3v) is 2.58. The van der Waals surface area contributed by atoms with Gasteiger partial charge in [0.25, 0.3) is 0 Å². The molecule has 0 radical (unpaired) electrons. The number of hydrogen-bond acceptors (Lipinski definition) is 5. The number of nitrogens with zero attached hydrogens (tertiary/aromatic N) is 2. The van der Waals surface area contributed by atoms with Gasteiger partial charge in [0.2, 0.25) is 11.8 Å². The van der Waals surface area contributed by atoms with Crippen LogP contribution in [-0.2, 0) is 16.1 Å². The Morgan fingerprint density at radius 1 is 1.25 bits per heavy atom. The lowest BCUT2D eigenvalue weighted by Crippen LogP contribution is -2.40. The zero-order chi connectivity index (χ0) is 15.0. The summed E-state index contributed by atoms with van der Waals surface area (Å²) in [5, 5.41) is 3.26. The molecule has 110 valence electrons. The second-order valence-electron chi connectivity index (χ2n) is 4.49. The highest BCUT2D eigenvalue weighted by molar-refractivity contribution is 5.84. The molecule has 1 rings (SSSR count). The van der Waals surface area contributed by atoms with Gasteiger partial charge in [0.1, 0.15) is 5.82 Å². The van der Waals surface area contributed by atoms with E-state index in [9.17, 15) is 9.59 Å². The van der Waals surface area contributed by atoms with E-state index in [0.717, 1.165) is 25.1 Å². The maximum absolute atomic E-state index is 11.0. The first-order valence-electron chi connectivity index (χ1n) is 6.50. The van der Waals surface area contributed by atoms with Crippen LogP contribution in [0.25, 0.3) is 0 Å². The molecule has 0 spiro atoms. The first-order chi connectivity index (χ1) is 9.52. The lowest BCUT2D eigenvalue weighted by molar-refractivity contribution is -0.117. The van der Waals surface area contributed by atoms with E-state index < -0.39 is 11.8 Å². The molecule has 5 N–H and O–H groups in total. The van der Waals surface area contributed by atoms with Crippen LogP contribution in [0.4, 0.5) is 5.82 Å². The molecule has 0 fully saturated rings. The molecule has 7 heteroatoms. The van der Waals surface area contributed by atoms with Crippen molar-refractivity contribution in [1.29, 1.82) is 0 Å². The van der Waals surface area contributed by atoms with Gasteiger partial charge < -0.3 is 21.7 Å². The van der Waals surface area contributed by atoms with E-state index in [-0.39, 0.29) is 13.1 Å². The lowest BCUT2D eigenvalue weighted by Gasteiger charge is -2.20. The van der Waals surface area contributed by atoms with E-state index in [1.807, 2.05) is 6.07 Å². The topological polar surface area (TPSA) is 114 Å².